The zero-order chi connectivity index (χ0) is 15.2. The molecule has 1 aromatic rings. The Morgan fingerprint density at radius 3 is 2.57 bits per heavy atom. The fourth-order valence-electron chi connectivity index (χ4n) is 3.13. The molecule has 2 unspecified atom stereocenters. The maximum atomic E-state index is 13.0. The lowest BCUT2D eigenvalue weighted by Gasteiger charge is -2.44. The van der Waals surface area contributed by atoms with Crippen LogP contribution < -0.4 is 10.2 Å². The van der Waals surface area contributed by atoms with E-state index in [1.54, 1.807) is 17.0 Å². The van der Waals surface area contributed by atoms with E-state index in [0.29, 0.717) is 17.1 Å². The molecule has 5 heteroatoms. The zero-order valence-corrected chi connectivity index (χ0v) is 13.0. The van der Waals surface area contributed by atoms with E-state index in [-0.39, 0.29) is 17.7 Å². The first-order valence-electron chi connectivity index (χ1n) is 7.39. The number of hydrogen-bond donors (Lipinski definition) is 1. The highest BCUT2D eigenvalue weighted by atomic mass is 35.5. The van der Waals surface area contributed by atoms with E-state index in [0.717, 1.165) is 12.8 Å². The topological polar surface area (TPSA) is 49.4 Å². The first kappa shape index (κ1) is 14.4. The summed E-state index contributed by atoms with van der Waals surface area (Å²) in [5, 5.41) is 3.45. The fourth-order valence-corrected chi connectivity index (χ4v) is 3.36. The highest BCUT2D eigenvalue weighted by molar-refractivity contribution is 6.34. The van der Waals surface area contributed by atoms with Crippen molar-refractivity contribution in [3.8, 4) is 0 Å². The summed E-state index contributed by atoms with van der Waals surface area (Å²) >= 11 is 6.26. The monoisotopic (exact) mass is 306 g/mol. The third kappa shape index (κ3) is 2.22. The van der Waals surface area contributed by atoms with E-state index in [1.807, 2.05) is 26.0 Å². The quantitative estimate of drug-likeness (QED) is 0.933. The molecule has 1 N–H and O–H groups in total. The van der Waals surface area contributed by atoms with Crippen molar-refractivity contribution in [1.82, 2.24) is 5.32 Å². The van der Waals surface area contributed by atoms with Crippen molar-refractivity contribution >= 4 is 29.1 Å². The lowest BCUT2D eigenvalue weighted by molar-refractivity contribution is -0.138. The van der Waals surface area contributed by atoms with Crippen molar-refractivity contribution in [2.24, 2.45) is 5.92 Å². The van der Waals surface area contributed by atoms with E-state index in [4.69, 9.17) is 11.6 Å². The molecule has 1 saturated heterocycles. The number of rotatable bonds is 3. The van der Waals surface area contributed by atoms with Gasteiger partial charge in [0.15, 0.2) is 0 Å². The van der Waals surface area contributed by atoms with E-state index in [9.17, 15) is 9.59 Å². The number of halogens is 1. The molecule has 4 nitrogen and oxygen atoms in total. The van der Waals surface area contributed by atoms with Crippen LogP contribution in [0.5, 0.6) is 0 Å². The van der Waals surface area contributed by atoms with Gasteiger partial charge in [0, 0.05) is 0 Å². The second kappa shape index (κ2) is 5.02. The van der Waals surface area contributed by atoms with Crippen LogP contribution in [0.1, 0.15) is 33.1 Å². The molecule has 1 aromatic carbocycles. The molecule has 0 bridgehead atoms. The van der Waals surface area contributed by atoms with Gasteiger partial charge in [-0.3, -0.25) is 14.5 Å². The van der Waals surface area contributed by atoms with Crippen LogP contribution in [0.2, 0.25) is 5.02 Å². The van der Waals surface area contributed by atoms with E-state index in [1.165, 1.54) is 0 Å². The van der Waals surface area contributed by atoms with Gasteiger partial charge in [0.2, 0.25) is 5.91 Å². The number of carbonyl (C=O) groups is 2. The first-order chi connectivity index (χ1) is 9.99. The molecule has 21 heavy (non-hydrogen) atoms. The summed E-state index contributed by atoms with van der Waals surface area (Å²) < 4.78 is 0. The minimum Gasteiger partial charge on any atom is -0.340 e. The van der Waals surface area contributed by atoms with Crippen molar-refractivity contribution in [2.75, 3.05) is 4.90 Å². The molecule has 1 saturated carbocycles. The normalized spacial score (nSPS) is 29.5. The highest BCUT2D eigenvalue weighted by Crippen LogP contribution is 2.44. The first-order valence-corrected chi connectivity index (χ1v) is 7.77. The number of anilines is 1. The minimum absolute atomic E-state index is 0.0513. The van der Waals surface area contributed by atoms with Gasteiger partial charge in [-0.15, -0.1) is 0 Å². The molecule has 0 spiro atoms. The maximum Gasteiger partial charge on any atom is 0.253 e. The molecular weight excluding hydrogens is 288 g/mol. The predicted octanol–water partition coefficient (Wildman–Crippen LogP) is 2.75. The minimum atomic E-state index is -0.804. The van der Waals surface area contributed by atoms with Crippen molar-refractivity contribution in [3.63, 3.8) is 0 Å². The average Bonchev–Trinajstić information content (AvgIpc) is 3.28. The number of amides is 2. The average molecular weight is 307 g/mol. The molecule has 2 amide bonds. The van der Waals surface area contributed by atoms with E-state index < -0.39 is 11.6 Å². The van der Waals surface area contributed by atoms with Gasteiger partial charge in [-0.1, -0.05) is 30.7 Å². The molecule has 2 atom stereocenters. The van der Waals surface area contributed by atoms with Gasteiger partial charge >= 0.3 is 0 Å². The number of hydrogen-bond acceptors (Lipinski definition) is 2. The Bertz CT molecular complexity index is 600. The van der Waals surface area contributed by atoms with Crippen LogP contribution in [0.3, 0.4) is 0 Å². The molecule has 2 aliphatic rings. The van der Waals surface area contributed by atoms with Crippen LogP contribution >= 0.6 is 11.6 Å². The highest BCUT2D eigenvalue weighted by Gasteiger charge is 2.55. The lowest BCUT2D eigenvalue weighted by atomic mass is 9.88. The van der Waals surface area contributed by atoms with Gasteiger partial charge in [0.1, 0.15) is 11.6 Å². The number of carbonyl (C=O) groups excluding carboxylic acids is 2. The standard InChI is InChI=1S/C16H19ClN2O2/c1-3-12-14(20)18-16(2,10-8-9-10)15(21)19(12)13-7-5-4-6-11(13)17/h4-7,10,12H,3,8-9H2,1-2H3,(H,18,20). The van der Waals surface area contributed by atoms with Crippen LogP contribution in [-0.2, 0) is 9.59 Å². The summed E-state index contributed by atoms with van der Waals surface area (Å²) in [6.07, 6.45) is 2.52. The summed E-state index contributed by atoms with van der Waals surface area (Å²) in [5.41, 5.74) is -0.181. The fraction of sp³-hybridized carbons (Fsp3) is 0.500. The molecule has 3 rings (SSSR count). The second-order valence-corrected chi connectivity index (χ2v) is 6.42. The van der Waals surface area contributed by atoms with Gasteiger partial charge in [0.25, 0.3) is 5.91 Å². The van der Waals surface area contributed by atoms with Crippen LogP contribution in [0.4, 0.5) is 5.69 Å². The molecule has 1 aliphatic heterocycles. The Morgan fingerprint density at radius 1 is 1.33 bits per heavy atom. The number of para-hydroxylation sites is 1. The predicted molar refractivity (Wildman–Crippen MR) is 82.3 cm³/mol. The van der Waals surface area contributed by atoms with Crippen LogP contribution in [0.15, 0.2) is 24.3 Å². The smallest absolute Gasteiger partial charge is 0.253 e. The van der Waals surface area contributed by atoms with Gasteiger partial charge in [0.05, 0.1) is 10.7 Å². The van der Waals surface area contributed by atoms with Crippen molar-refractivity contribution in [1.29, 1.82) is 0 Å². The summed E-state index contributed by atoms with van der Waals surface area (Å²) in [4.78, 5) is 27.1. The number of benzene rings is 1. The van der Waals surface area contributed by atoms with Crippen molar-refractivity contribution in [3.05, 3.63) is 29.3 Å². The van der Waals surface area contributed by atoms with Crippen molar-refractivity contribution < 1.29 is 9.59 Å². The van der Waals surface area contributed by atoms with E-state index in [2.05, 4.69) is 5.32 Å². The van der Waals surface area contributed by atoms with Gasteiger partial charge in [-0.25, -0.2) is 0 Å². The van der Waals surface area contributed by atoms with Crippen LogP contribution in [0.25, 0.3) is 0 Å². The number of nitrogens with one attached hydrogen (secondary N) is 1. The zero-order valence-electron chi connectivity index (χ0n) is 12.2. The van der Waals surface area contributed by atoms with Gasteiger partial charge in [-0.05, 0) is 44.2 Å². The Labute approximate surface area is 129 Å². The summed E-state index contributed by atoms with van der Waals surface area (Å²) in [6.45, 7) is 3.74. The molecular formula is C16H19ClN2O2. The van der Waals surface area contributed by atoms with Crippen molar-refractivity contribution in [2.45, 2.75) is 44.7 Å². The number of piperazine rings is 1. The van der Waals surface area contributed by atoms with Gasteiger partial charge < -0.3 is 5.32 Å². The Balaban J connectivity index is 2.07. The summed E-state index contributed by atoms with van der Waals surface area (Å²) in [6, 6.07) is 6.71. The maximum absolute atomic E-state index is 13.0. The van der Waals surface area contributed by atoms with Crippen LogP contribution in [-0.4, -0.2) is 23.4 Å². The Hall–Kier alpha value is -1.55. The molecule has 0 radical (unpaired) electrons. The molecule has 112 valence electrons. The number of nitrogens with zero attached hydrogens (tertiary/aromatic N) is 1. The Kier molecular flexibility index (Phi) is 3.44. The van der Waals surface area contributed by atoms with Gasteiger partial charge in [-0.2, -0.15) is 0 Å². The molecule has 2 fully saturated rings. The Morgan fingerprint density at radius 2 is 2.00 bits per heavy atom. The third-order valence-electron chi connectivity index (χ3n) is 4.55. The van der Waals surface area contributed by atoms with E-state index >= 15 is 0 Å². The molecule has 0 aromatic heterocycles. The SMILES string of the molecule is CCC1C(=O)NC(C)(C2CC2)C(=O)N1c1ccccc1Cl. The summed E-state index contributed by atoms with van der Waals surface area (Å²) in [5.74, 6) is 0.0905. The summed E-state index contributed by atoms with van der Waals surface area (Å²) in [7, 11) is 0. The largest absolute Gasteiger partial charge is 0.340 e. The molecule has 1 aliphatic carbocycles. The van der Waals surface area contributed by atoms with Crippen LogP contribution in [0, 0.1) is 5.92 Å². The lowest BCUT2D eigenvalue weighted by Crippen LogP contribution is -2.70. The second-order valence-electron chi connectivity index (χ2n) is 6.02. The molecule has 1 heterocycles. The third-order valence-corrected chi connectivity index (χ3v) is 4.87.